The Hall–Kier alpha value is -3.91. The highest BCUT2D eigenvalue weighted by molar-refractivity contribution is 7.98. The first-order valence-electron chi connectivity index (χ1n) is 12.4. The van der Waals surface area contributed by atoms with E-state index in [1.54, 1.807) is 32.0 Å². The van der Waals surface area contributed by atoms with Crippen molar-refractivity contribution in [3.8, 4) is 28.5 Å². The number of ether oxygens (including phenoxy) is 2. The van der Waals surface area contributed by atoms with Gasteiger partial charge in [-0.3, -0.25) is 9.89 Å². The second-order valence-electron chi connectivity index (χ2n) is 9.45. The van der Waals surface area contributed by atoms with Gasteiger partial charge in [0.2, 0.25) is 0 Å². The highest BCUT2D eigenvalue weighted by Gasteiger charge is 2.42. The van der Waals surface area contributed by atoms with E-state index in [2.05, 4.69) is 34.5 Å². The summed E-state index contributed by atoms with van der Waals surface area (Å²) in [6.45, 7) is 4.39. The molecule has 1 aromatic heterocycles. The Balaban J connectivity index is 1.57. The normalized spacial score (nSPS) is 14.6. The molecule has 2 N–H and O–H groups in total. The minimum atomic E-state index is -0.345. The first kappa shape index (κ1) is 25.7. The molecular weight excluding hydrogens is 498 g/mol. The van der Waals surface area contributed by atoms with E-state index >= 15 is 0 Å². The van der Waals surface area contributed by atoms with Gasteiger partial charge in [0.15, 0.2) is 11.5 Å². The van der Waals surface area contributed by atoms with Crippen molar-refractivity contribution >= 4 is 17.7 Å². The molecule has 1 amide bonds. The third-order valence-electron chi connectivity index (χ3n) is 7.08. The Morgan fingerprint density at radius 3 is 2.42 bits per heavy atom. The number of fused-ring (bicyclic) bond motifs is 1. The molecule has 1 aliphatic heterocycles. The van der Waals surface area contributed by atoms with Crippen LogP contribution in [0.15, 0.2) is 59.5 Å². The second kappa shape index (κ2) is 10.5. The van der Waals surface area contributed by atoms with Gasteiger partial charge in [0.1, 0.15) is 17.1 Å². The van der Waals surface area contributed by atoms with Gasteiger partial charge in [-0.1, -0.05) is 24.3 Å². The summed E-state index contributed by atoms with van der Waals surface area (Å²) in [5.41, 5.74) is 6.41. The quantitative estimate of drug-likeness (QED) is 0.275. The molecule has 7 nitrogen and oxygen atoms in total. The topological polar surface area (TPSA) is 87.7 Å². The lowest BCUT2D eigenvalue weighted by Crippen LogP contribution is -2.31. The number of phenols is 1. The summed E-state index contributed by atoms with van der Waals surface area (Å²) >= 11 is 1.67. The summed E-state index contributed by atoms with van der Waals surface area (Å²) in [6.07, 6.45) is 2.67. The lowest BCUT2D eigenvalue weighted by atomic mass is 9.93. The first-order valence-corrected chi connectivity index (χ1v) is 13.6. The third-order valence-corrected chi connectivity index (χ3v) is 7.82. The number of H-pyrrole nitrogens is 1. The average Bonchev–Trinajstić information content (AvgIpc) is 3.45. The van der Waals surface area contributed by atoms with Gasteiger partial charge in [0.25, 0.3) is 5.91 Å². The molecule has 8 heteroatoms. The molecule has 0 saturated carbocycles. The second-order valence-corrected chi connectivity index (χ2v) is 10.3. The molecule has 0 saturated heterocycles. The van der Waals surface area contributed by atoms with Crippen LogP contribution in [0.2, 0.25) is 0 Å². The number of hydrogen-bond donors (Lipinski definition) is 2. The Labute approximate surface area is 226 Å². The number of carbonyl (C=O) groups excluding carboxylic acids is 1. The number of carbonyl (C=O) groups is 1. The predicted octanol–water partition coefficient (Wildman–Crippen LogP) is 5.93. The summed E-state index contributed by atoms with van der Waals surface area (Å²) in [5.74, 6) is 1.37. The van der Waals surface area contributed by atoms with Crippen LogP contribution in [0.1, 0.15) is 44.3 Å². The van der Waals surface area contributed by atoms with E-state index in [1.165, 1.54) is 0 Å². The summed E-state index contributed by atoms with van der Waals surface area (Å²) in [7, 11) is 3.23. The molecule has 1 aliphatic rings. The Bertz CT molecular complexity index is 1470. The van der Waals surface area contributed by atoms with Gasteiger partial charge in [0, 0.05) is 22.6 Å². The van der Waals surface area contributed by atoms with Gasteiger partial charge in [0.05, 0.1) is 20.3 Å². The fourth-order valence-corrected chi connectivity index (χ4v) is 5.70. The Morgan fingerprint density at radius 2 is 1.76 bits per heavy atom. The molecule has 1 unspecified atom stereocenters. The van der Waals surface area contributed by atoms with E-state index in [0.29, 0.717) is 41.4 Å². The number of rotatable bonds is 8. The minimum Gasteiger partial charge on any atom is -0.507 e. The molecule has 0 bridgehead atoms. The molecular formula is C30H31N3O4S. The van der Waals surface area contributed by atoms with E-state index < -0.39 is 0 Å². The van der Waals surface area contributed by atoms with Crippen LogP contribution in [0.5, 0.6) is 17.2 Å². The van der Waals surface area contributed by atoms with Crippen molar-refractivity contribution < 1.29 is 19.4 Å². The molecule has 0 aliphatic carbocycles. The number of aromatic hydroxyl groups is 1. The molecule has 1 atom stereocenters. The molecule has 3 aromatic carbocycles. The zero-order chi connectivity index (χ0) is 27.0. The molecule has 0 fully saturated rings. The maximum atomic E-state index is 13.8. The molecule has 38 heavy (non-hydrogen) atoms. The lowest BCUT2D eigenvalue weighted by Gasteiger charge is -2.27. The number of aromatic nitrogens is 2. The van der Waals surface area contributed by atoms with Gasteiger partial charge in [-0.05, 0) is 79.1 Å². The van der Waals surface area contributed by atoms with Crippen molar-refractivity contribution in [2.45, 2.75) is 31.2 Å². The lowest BCUT2D eigenvalue weighted by molar-refractivity contribution is 0.0746. The number of thioether (sulfide) groups is 1. The number of nitrogens with one attached hydrogen (secondary N) is 1. The number of phenolic OH excluding ortho intramolecular Hbond substituents is 1. The van der Waals surface area contributed by atoms with Gasteiger partial charge in [-0.25, -0.2) is 0 Å². The van der Waals surface area contributed by atoms with E-state index in [0.717, 1.165) is 32.7 Å². The summed E-state index contributed by atoms with van der Waals surface area (Å²) in [5, 5.41) is 18.4. The van der Waals surface area contributed by atoms with Crippen LogP contribution in [-0.2, 0) is 6.42 Å². The molecule has 0 spiro atoms. The van der Waals surface area contributed by atoms with Crippen LogP contribution in [0.4, 0.5) is 0 Å². The van der Waals surface area contributed by atoms with Crippen LogP contribution in [0.25, 0.3) is 11.3 Å². The molecule has 196 valence electrons. The van der Waals surface area contributed by atoms with Gasteiger partial charge in [-0.15, -0.1) is 11.8 Å². The van der Waals surface area contributed by atoms with Crippen LogP contribution in [0, 0.1) is 13.8 Å². The van der Waals surface area contributed by atoms with Crippen LogP contribution < -0.4 is 9.47 Å². The maximum Gasteiger partial charge on any atom is 0.273 e. The number of aromatic amines is 1. The molecule has 2 heterocycles. The van der Waals surface area contributed by atoms with Crippen LogP contribution >= 0.6 is 11.8 Å². The summed E-state index contributed by atoms with van der Waals surface area (Å²) < 4.78 is 10.8. The number of benzene rings is 3. The fourth-order valence-electron chi connectivity index (χ4n) is 5.29. The van der Waals surface area contributed by atoms with Crippen molar-refractivity contribution in [2.75, 3.05) is 27.0 Å². The van der Waals surface area contributed by atoms with Gasteiger partial charge >= 0.3 is 0 Å². The average molecular weight is 530 g/mol. The smallest absolute Gasteiger partial charge is 0.273 e. The minimum absolute atomic E-state index is 0.109. The Morgan fingerprint density at radius 1 is 1.03 bits per heavy atom. The monoisotopic (exact) mass is 529 g/mol. The summed E-state index contributed by atoms with van der Waals surface area (Å²) in [4.78, 5) is 16.8. The van der Waals surface area contributed by atoms with E-state index in [-0.39, 0.29) is 17.7 Å². The maximum absolute atomic E-state index is 13.8. The number of aryl methyl sites for hydroxylation is 2. The molecule has 0 radical (unpaired) electrons. The predicted molar refractivity (Wildman–Crippen MR) is 150 cm³/mol. The Kier molecular flexibility index (Phi) is 7.08. The largest absolute Gasteiger partial charge is 0.507 e. The van der Waals surface area contributed by atoms with E-state index in [4.69, 9.17) is 9.47 Å². The number of amides is 1. The van der Waals surface area contributed by atoms with Gasteiger partial charge in [-0.2, -0.15) is 5.10 Å². The number of nitrogens with zero attached hydrogens (tertiary/aromatic N) is 2. The SMILES string of the molecule is COc1ccc(CCN2C(=O)c3[nH]nc(-c4c(C)cc(C)cc4O)c3C2c2ccc(SC)cc2)cc1OC. The van der Waals surface area contributed by atoms with Crippen molar-refractivity contribution in [3.05, 3.63) is 88.1 Å². The number of methoxy groups -OCH3 is 2. The van der Waals surface area contributed by atoms with Crippen molar-refractivity contribution in [1.29, 1.82) is 0 Å². The van der Waals surface area contributed by atoms with E-state index in [9.17, 15) is 9.90 Å². The molecule has 4 aromatic rings. The van der Waals surface area contributed by atoms with Crippen LogP contribution in [-0.4, -0.2) is 53.1 Å². The fraction of sp³-hybridized carbons (Fsp3) is 0.267. The van der Waals surface area contributed by atoms with Crippen LogP contribution in [0.3, 0.4) is 0 Å². The highest BCUT2D eigenvalue weighted by Crippen LogP contribution is 2.46. The number of hydrogen-bond acceptors (Lipinski definition) is 6. The van der Waals surface area contributed by atoms with Gasteiger partial charge < -0.3 is 19.5 Å². The zero-order valence-electron chi connectivity index (χ0n) is 22.2. The van der Waals surface area contributed by atoms with Crippen molar-refractivity contribution in [1.82, 2.24) is 15.1 Å². The standard InChI is InChI=1S/C30H31N3O4S/c1-17-14-18(2)25(22(34)15-17)27-26-28(32-31-27)30(35)33(29(26)20-7-9-21(38-5)10-8-20)13-12-19-6-11-23(36-3)24(16-19)37-4/h6-11,14-16,29,34H,12-13H2,1-5H3,(H,31,32). The van der Waals surface area contributed by atoms with Crippen molar-refractivity contribution in [2.24, 2.45) is 0 Å². The zero-order valence-corrected chi connectivity index (χ0v) is 23.0. The first-order chi connectivity index (χ1) is 18.4. The van der Waals surface area contributed by atoms with E-state index in [1.807, 2.05) is 49.3 Å². The highest BCUT2D eigenvalue weighted by atomic mass is 32.2. The summed E-state index contributed by atoms with van der Waals surface area (Å²) in [6, 6.07) is 17.5. The van der Waals surface area contributed by atoms with Crippen molar-refractivity contribution in [3.63, 3.8) is 0 Å². The molecule has 5 rings (SSSR count). The third kappa shape index (κ3) is 4.49.